The minimum Gasteiger partial charge on any atom is -0.493 e. The number of rotatable bonds is 2. The van der Waals surface area contributed by atoms with Crippen molar-refractivity contribution in [3.05, 3.63) is 23.3 Å². The molecule has 1 saturated carbocycles. The zero-order valence-electron chi connectivity index (χ0n) is 14.8. The lowest BCUT2D eigenvalue weighted by atomic mass is 9.88. The number of nitrogens with one attached hydrogen (secondary N) is 1. The summed E-state index contributed by atoms with van der Waals surface area (Å²) in [6.07, 6.45) is 4.55. The molecule has 6 heteroatoms. The molecule has 0 aromatic heterocycles. The maximum absolute atomic E-state index is 13.3. The summed E-state index contributed by atoms with van der Waals surface area (Å²) in [6, 6.07) is 3.68. The Hall–Kier alpha value is -2.24. The normalized spacial score (nSPS) is 24.4. The van der Waals surface area contributed by atoms with Crippen molar-refractivity contribution in [3.63, 3.8) is 0 Å². The second-order valence-corrected chi connectivity index (χ2v) is 7.21. The lowest BCUT2D eigenvalue weighted by Crippen LogP contribution is -2.56. The molecule has 0 radical (unpaired) electrons. The first-order valence-electron chi connectivity index (χ1n) is 8.95. The van der Waals surface area contributed by atoms with Gasteiger partial charge in [0, 0.05) is 6.54 Å². The average molecular weight is 344 g/mol. The fourth-order valence-corrected chi connectivity index (χ4v) is 4.63. The Morgan fingerprint density at radius 2 is 1.80 bits per heavy atom. The fourth-order valence-electron chi connectivity index (χ4n) is 4.63. The summed E-state index contributed by atoms with van der Waals surface area (Å²) in [6.45, 7) is 0.642. The van der Waals surface area contributed by atoms with E-state index in [4.69, 9.17) is 9.47 Å². The van der Waals surface area contributed by atoms with Crippen LogP contribution < -0.4 is 14.8 Å². The number of hydrogen-bond donors (Lipinski definition) is 1. The van der Waals surface area contributed by atoms with Crippen LogP contribution in [0.15, 0.2) is 12.1 Å². The van der Waals surface area contributed by atoms with Gasteiger partial charge in [0.25, 0.3) is 0 Å². The molecule has 2 amide bonds. The van der Waals surface area contributed by atoms with Gasteiger partial charge in [0.15, 0.2) is 11.5 Å². The van der Waals surface area contributed by atoms with Crippen molar-refractivity contribution in [3.8, 4) is 11.5 Å². The SMILES string of the molecule is COc1cc2c(cc1OC)C1CC(=O)NC3(CCCC3)C(=O)N1CC2. The Bertz CT molecular complexity index is 724. The van der Waals surface area contributed by atoms with Crippen molar-refractivity contribution in [2.75, 3.05) is 20.8 Å². The zero-order chi connectivity index (χ0) is 17.6. The predicted octanol–water partition coefficient (Wildman–Crippen LogP) is 1.96. The number of carbonyl (C=O) groups excluding carboxylic acids is 2. The Morgan fingerprint density at radius 3 is 2.48 bits per heavy atom. The third-order valence-corrected chi connectivity index (χ3v) is 5.89. The Morgan fingerprint density at radius 1 is 1.12 bits per heavy atom. The average Bonchev–Trinajstić information content (AvgIpc) is 3.05. The van der Waals surface area contributed by atoms with Crippen LogP contribution >= 0.6 is 0 Å². The third-order valence-electron chi connectivity index (χ3n) is 5.89. The highest BCUT2D eigenvalue weighted by Gasteiger charge is 2.50. The molecule has 134 valence electrons. The van der Waals surface area contributed by atoms with Crippen LogP contribution in [-0.2, 0) is 16.0 Å². The number of methoxy groups -OCH3 is 2. The van der Waals surface area contributed by atoms with Crippen LogP contribution in [0, 0.1) is 0 Å². The maximum atomic E-state index is 13.3. The number of hydrogen-bond acceptors (Lipinski definition) is 4. The molecule has 6 nitrogen and oxygen atoms in total. The van der Waals surface area contributed by atoms with Crippen molar-refractivity contribution in [1.29, 1.82) is 0 Å². The lowest BCUT2D eigenvalue weighted by Gasteiger charge is -2.39. The summed E-state index contributed by atoms with van der Waals surface area (Å²) in [7, 11) is 3.22. The zero-order valence-corrected chi connectivity index (χ0v) is 14.8. The summed E-state index contributed by atoms with van der Waals surface area (Å²) in [5.41, 5.74) is 1.45. The van der Waals surface area contributed by atoms with Gasteiger partial charge in [-0.25, -0.2) is 0 Å². The fraction of sp³-hybridized carbons (Fsp3) is 0.579. The number of amides is 2. The summed E-state index contributed by atoms with van der Waals surface area (Å²) < 4.78 is 10.8. The van der Waals surface area contributed by atoms with Gasteiger partial charge in [-0.3, -0.25) is 9.59 Å². The van der Waals surface area contributed by atoms with E-state index in [2.05, 4.69) is 5.32 Å². The molecule has 25 heavy (non-hydrogen) atoms. The van der Waals surface area contributed by atoms with Crippen LogP contribution in [0.2, 0.25) is 0 Å². The number of nitrogens with zero attached hydrogens (tertiary/aromatic N) is 1. The molecule has 2 aliphatic heterocycles. The van der Waals surface area contributed by atoms with E-state index in [1.807, 2.05) is 17.0 Å². The smallest absolute Gasteiger partial charge is 0.248 e. The van der Waals surface area contributed by atoms with E-state index in [9.17, 15) is 9.59 Å². The summed E-state index contributed by atoms with van der Waals surface area (Å²) in [5, 5.41) is 3.06. The van der Waals surface area contributed by atoms with Crippen LogP contribution in [0.4, 0.5) is 0 Å². The standard InChI is InChI=1S/C19H24N2O4/c1-24-15-9-12-5-8-21-14(13(12)10-16(15)25-2)11-17(22)20-19(18(21)23)6-3-4-7-19/h9-10,14H,3-8,11H2,1-2H3,(H,20,22). The molecule has 4 rings (SSSR count). The first-order chi connectivity index (χ1) is 12.1. The second kappa shape index (κ2) is 5.93. The van der Waals surface area contributed by atoms with Crippen molar-refractivity contribution in [2.24, 2.45) is 0 Å². The van der Waals surface area contributed by atoms with E-state index in [1.54, 1.807) is 14.2 Å². The summed E-state index contributed by atoms with van der Waals surface area (Å²) >= 11 is 0. The van der Waals surface area contributed by atoms with E-state index >= 15 is 0 Å². The molecule has 1 N–H and O–H groups in total. The highest BCUT2D eigenvalue weighted by Crippen LogP contribution is 2.43. The molecule has 1 atom stereocenters. The summed E-state index contributed by atoms with van der Waals surface area (Å²) in [4.78, 5) is 27.8. The van der Waals surface area contributed by atoms with E-state index < -0.39 is 5.54 Å². The molecule has 1 aromatic carbocycles. The quantitative estimate of drug-likeness (QED) is 0.891. The Labute approximate surface area is 147 Å². The highest BCUT2D eigenvalue weighted by molar-refractivity contribution is 5.94. The van der Waals surface area contributed by atoms with Crippen LogP contribution in [0.5, 0.6) is 11.5 Å². The van der Waals surface area contributed by atoms with Crippen molar-refractivity contribution < 1.29 is 19.1 Å². The number of fused-ring (bicyclic) bond motifs is 3. The van der Waals surface area contributed by atoms with E-state index in [0.717, 1.165) is 43.2 Å². The second-order valence-electron chi connectivity index (χ2n) is 7.21. The van der Waals surface area contributed by atoms with Crippen molar-refractivity contribution in [1.82, 2.24) is 10.2 Å². The molecular weight excluding hydrogens is 320 g/mol. The van der Waals surface area contributed by atoms with E-state index in [0.29, 0.717) is 24.5 Å². The van der Waals surface area contributed by atoms with E-state index in [1.165, 1.54) is 0 Å². The molecule has 1 aliphatic carbocycles. The largest absolute Gasteiger partial charge is 0.493 e. The van der Waals surface area contributed by atoms with Crippen LogP contribution in [0.1, 0.15) is 49.3 Å². The van der Waals surface area contributed by atoms with Gasteiger partial charge in [-0.05, 0) is 42.5 Å². The van der Waals surface area contributed by atoms with Crippen LogP contribution in [0.3, 0.4) is 0 Å². The molecule has 0 bridgehead atoms. The first-order valence-corrected chi connectivity index (χ1v) is 8.95. The van der Waals surface area contributed by atoms with Gasteiger partial charge in [-0.15, -0.1) is 0 Å². The molecule has 1 saturated heterocycles. The minimum absolute atomic E-state index is 0.0367. The third kappa shape index (κ3) is 2.46. The molecular formula is C19H24N2O4. The molecule has 3 aliphatic rings. The van der Waals surface area contributed by atoms with Gasteiger partial charge in [0.1, 0.15) is 5.54 Å². The Balaban J connectivity index is 1.77. The predicted molar refractivity (Wildman–Crippen MR) is 91.7 cm³/mol. The summed E-state index contributed by atoms with van der Waals surface area (Å²) in [5.74, 6) is 1.37. The first kappa shape index (κ1) is 16.2. The topological polar surface area (TPSA) is 67.9 Å². The minimum atomic E-state index is -0.681. The van der Waals surface area contributed by atoms with Gasteiger partial charge < -0.3 is 19.7 Å². The van der Waals surface area contributed by atoms with Gasteiger partial charge >= 0.3 is 0 Å². The number of benzene rings is 1. The van der Waals surface area contributed by atoms with Gasteiger partial charge in [-0.1, -0.05) is 12.8 Å². The number of carbonyl (C=O) groups is 2. The van der Waals surface area contributed by atoms with E-state index in [-0.39, 0.29) is 17.9 Å². The monoisotopic (exact) mass is 344 g/mol. The van der Waals surface area contributed by atoms with Gasteiger partial charge in [-0.2, -0.15) is 0 Å². The number of ether oxygens (including phenoxy) is 2. The molecule has 1 aromatic rings. The molecule has 1 spiro atoms. The van der Waals surface area contributed by atoms with Crippen LogP contribution in [-0.4, -0.2) is 43.0 Å². The molecule has 1 unspecified atom stereocenters. The van der Waals surface area contributed by atoms with Gasteiger partial charge in [0.2, 0.25) is 11.8 Å². The molecule has 2 heterocycles. The Kier molecular flexibility index (Phi) is 3.85. The van der Waals surface area contributed by atoms with Crippen molar-refractivity contribution in [2.45, 2.75) is 50.1 Å². The molecule has 2 fully saturated rings. The highest BCUT2D eigenvalue weighted by atomic mass is 16.5. The van der Waals surface area contributed by atoms with Crippen LogP contribution in [0.25, 0.3) is 0 Å². The van der Waals surface area contributed by atoms with Crippen molar-refractivity contribution >= 4 is 11.8 Å². The van der Waals surface area contributed by atoms with Gasteiger partial charge in [0.05, 0.1) is 26.7 Å². The lowest BCUT2D eigenvalue weighted by molar-refractivity contribution is -0.140. The maximum Gasteiger partial charge on any atom is 0.248 e.